The molecule has 368 valence electrons. The second kappa shape index (κ2) is 49.6. The van der Waals surface area contributed by atoms with Crippen molar-refractivity contribution in [3.63, 3.8) is 0 Å². The summed E-state index contributed by atoms with van der Waals surface area (Å²) in [5.74, 6) is -0.383. The van der Waals surface area contributed by atoms with Gasteiger partial charge in [-0.3, -0.25) is 13.8 Å². The number of carbonyl (C=O) groups excluding carboxylic acids is 1. The zero-order valence-electron chi connectivity index (χ0n) is 40.5. The minimum atomic E-state index is -4.53. The zero-order chi connectivity index (χ0) is 46.0. The van der Waals surface area contributed by atoms with E-state index in [2.05, 4.69) is 74.6 Å². The number of aliphatic hydroxyl groups excluding tert-OH is 2. The standard InChI is InChI=1S/C53H97O9P/c1-3-5-7-9-11-13-15-17-19-21-23-24-25-26-27-28-30-32-34-36-38-40-42-44-46-59-49-52(50-61-63(57,58)60-48-51(55)47-54)62-53(56)45-43-41-39-37-35-33-31-29-22-20-18-16-14-12-10-8-6-4-2/h5,7,11,13,17,19,23-24,26-27,51-52,54-55H,3-4,6,8-10,12,14-16,18,20-22,25,28-50H2,1-2H3,(H,57,58)/b7-5-,13-11-,19-17-,24-23-,27-26-. The van der Waals surface area contributed by atoms with Gasteiger partial charge in [-0.1, -0.05) is 222 Å². The Morgan fingerprint density at radius 3 is 1.37 bits per heavy atom. The van der Waals surface area contributed by atoms with Crippen molar-refractivity contribution in [2.45, 2.75) is 238 Å². The van der Waals surface area contributed by atoms with E-state index < -0.39 is 33.2 Å². The third kappa shape index (κ3) is 49.4. The zero-order valence-corrected chi connectivity index (χ0v) is 41.4. The van der Waals surface area contributed by atoms with Crippen molar-refractivity contribution in [1.82, 2.24) is 0 Å². The van der Waals surface area contributed by atoms with Crippen molar-refractivity contribution in [1.29, 1.82) is 0 Å². The third-order valence-electron chi connectivity index (χ3n) is 11.0. The molecule has 3 N–H and O–H groups in total. The lowest BCUT2D eigenvalue weighted by Gasteiger charge is -2.20. The monoisotopic (exact) mass is 909 g/mol. The van der Waals surface area contributed by atoms with E-state index >= 15 is 0 Å². The van der Waals surface area contributed by atoms with Crippen LogP contribution in [0.5, 0.6) is 0 Å². The Kier molecular flexibility index (Phi) is 48.1. The number of allylic oxidation sites excluding steroid dienone is 10. The molecule has 0 aromatic carbocycles. The maximum Gasteiger partial charge on any atom is 0.472 e. The van der Waals surface area contributed by atoms with Crippen LogP contribution in [-0.2, 0) is 27.9 Å². The summed E-state index contributed by atoms with van der Waals surface area (Å²) in [6.45, 7) is 3.42. The van der Waals surface area contributed by atoms with Crippen molar-refractivity contribution in [3.05, 3.63) is 60.8 Å². The number of aliphatic hydroxyl groups is 2. The number of phosphoric ester groups is 1. The molecule has 0 aromatic rings. The first-order chi connectivity index (χ1) is 30.8. The first-order valence-electron chi connectivity index (χ1n) is 25.8. The van der Waals surface area contributed by atoms with Crippen molar-refractivity contribution < 1.29 is 43.0 Å². The summed E-state index contributed by atoms with van der Waals surface area (Å²) in [6, 6.07) is 0. The SMILES string of the molecule is CC/C=C\C/C=C\C/C=C\C/C=C\C/C=C\CCCCCCCCCCOCC(COP(=O)(O)OCC(O)CO)OC(=O)CCCCCCCCCCCCCCCCCCCC. The van der Waals surface area contributed by atoms with E-state index in [1.165, 1.54) is 128 Å². The van der Waals surface area contributed by atoms with Gasteiger partial charge in [-0.25, -0.2) is 4.57 Å². The lowest BCUT2D eigenvalue weighted by atomic mass is 10.0. The van der Waals surface area contributed by atoms with Crippen molar-refractivity contribution in [2.24, 2.45) is 0 Å². The average molecular weight is 909 g/mol. The van der Waals surface area contributed by atoms with Gasteiger partial charge in [0.05, 0.1) is 26.4 Å². The van der Waals surface area contributed by atoms with Gasteiger partial charge in [0.15, 0.2) is 0 Å². The molecule has 0 bridgehead atoms. The number of esters is 1. The van der Waals surface area contributed by atoms with E-state index in [0.717, 1.165) is 77.0 Å². The van der Waals surface area contributed by atoms with Crippen LogP contribution in [0.4, 0.5) is 0 Å². The maximum absolute atomic E-state index is 12.7. The van der Waals surface area contributed by atoms with Gasteiger partial charge in [0.1, 0.15) is 12.2 Å². The molecule has 10 heteroatoms. The van der Waals surface area contributed by atoms with Crippen molar-refractivity contribution in [2.75, 3.05) is 33.0 Å². The van der Waals surface area contributed by atoms with Crippen LogP contribution in [0, 0.1) is 0 Å². The summed E-state index contributed by atoms with van der Waals surface area (Å²) in [5, 5.41) is 18.4. The Morgan fingerprint density at radius 1 is 0.508 bits per heavy atom. The molecule has 0 aliphatic carbocycles. The molecular weight excluding hydrogens is 812 g/mol. The molecule has 3 atom stereocenters. The average Bonchev–Trinajstić information content (AvgIpc) is 3.28. The molecule has 9 nitrogen and oxygen atoms in total. The van der Waals surface area contributed by atoms with E-state index in [1.807, 2.05) is 0 Å². The summed E-state index contributed by atoms with van der Waals surface area (Å²) >= 11 is 0. The fourth-order valence-electron chi connectivity index (χ4n) is 7.09. The summed E-state index contributed by atoms with van der Waals surface area (Å²) in [5.41, 5.74) is 0. The van der Waals surface area contributed by atoms with E-state index in [0.29, 0.717) is 6.61 Å². The Bertz CT molecular complexity index is 1170. The van der Waals surface area contributed by atoms with Gasteiger partial charge < -0.3 is 24.6 Å². The van der Waals surface area contributed by atoms with Gasteiger partial charge >= 0.3 is 13.8 Å². The molecule has 0 spiro atoms. The van der Waals surface area contributed by atoms with Gasteiger partial charge in [0.2, 0.25) is 0 Å². The second-order valence-electron chi connectivity index (χ2n) is 17.2. The van der Waals surface area contributed by atoms with Gasteiger partial charge in [0.25, 0.3) is 0 Å². The van der Waals surface area contributed by atoms with E-state index in [1.54, 1.807) is 0 Å². The Labute approximate surface area is 387 Å². The topological polar surface area (TPSA) is 132 Å². The molecule has 0 radical (unpaired) electrons. The lowest BCUT2D eigenvalue weighted by molar-refractivity contribution is -0.154. The molecule has 0 amide bonds. The lowest BCUT2D eigenvalue weighted by Crippen LogP contribution is -2.29. The number of hydrogen-bond acceptors (Lipinski definition) is 8. The molecule has 0 saturated heterocycles. The molecule has 0 aromatic heterocycles. The number of unbranched alkanes of at least 4 members (excludes halogenated alkanes) is 25. The summed E-state index contributed by atoms with van der Waals surface area (Å²) in [7, 11) is -4.53. The predicted molar refractivity (Wildman–Crippen MR) is 265 cm³/mol. The minimum Gasteiger partial charge on any atom is -0.457 e. The summed E-state index contributed by atoms with van der Waals surface area (Å²) < 4.78 is 33.5. The van der Waals surface area contributed by atoms with E-state index in [-0.39, 0.29) is 25.6 Å². The molecule has 0 aliphatic heterocycles. The fourth-order valence-corrected chi connectivity index (χ4v) is 7.88. The van der Waals surface area contributed by atoms with Crippen LogP contribution in [0.15, 0.2) is 60.8 Å². The van der Waals surface area contributed by atoms with Crippen LogP contribution in [0.25, 0.3) is 0 Å². The predicted octanol–water partition coefficient (Wildman–Crippen LogP) is 15.1. The molecule has 0 saturated carbocycles. The van der Waals surface area contributed by atoms with Crippen LogP contribution in [-0.4, -0.2) is 66.3 Å². The van der Waals surface area contributed by atoms with E-state index in [9.17, 15) is 19.4 Å². The Hall–Kier alpha value is -1.84. The number of rotatable bonds is 49. The summed E-state index contributed by atoms with van der Waals surface area (Å²) in [4.78, 5) is 22.7. The number of hydrogen-bond donors (Lipinski definition) is 3. The van der Waals surface area contributed by atoms with Crippen LogP contribution < -0.4 is 0 Å². The van der Waals surface area contributed by atoms with Crippen molar-refractivity contribution >= 4 is 13.8 Å². The molecule has 0 aliphatic rings. The minimum absolute atomic E-state index is 0.0437. The van der Waals surface area contributed by atoms with Gasteiger partial charge in [-0.05, 0) is 57.8 Å². The third-order valence-corrected chi connectivity index (χ3v) is 11.9. The quantitative estimate of drug-likeness (QED) is 0.0236. The van der Waals surface area contributed by atoms with Crippen LogP contribution in [0.2, 0.25) is 0 Å². The second-order valence-corrected chi connectivity index (χ2v) is 18.6. The largest absolute Gasteiger partial charge is 0.472 e. The van der Waals surface area contributed by atoms with E-state index in [4.69, 9.17) is 23.6 Å². The Balaban J connectivity index is 4.08. The molecule has 3 unspecified atom stereocenters. The number of ether oxygens (including phenoxy) is 2. The molecule has 0 fully saturated rings. The van der Waals surface area contributed by atoms with Crippen LogP contribution in [0.3, 0.4) is 0 Å². The normalized spacial score (nSPS) is 14.3. The molecule has 0 heterocycles. The van der Waals surface area contributed by atoms with Gasteiger partial charge in [0, 0.05) is 13.0 Å². The number of phosphoric acid groups is 1. The highest BCUT2D eigenvalue weighted by molar-refractivity contribution is 7.47. The van der Waals surface area contributed by atoms with Gasteiger partial charge in [-0.15, -0.1) is 0 Å². The molecule has 0 rings (SSSR count). The maximum atomic E-state index is 12.7. The highest BCUT2D eigenvalue weighted by Crippen LogP contribution is 2.43. The smallest absolute Gasteiger partial charge is 0.457 e. The Morgan fingerprint density at radius 2 is 0.905 bits per heavy atom. The first-order valence-corrected chi connectivity index (χ1v) is 27.3. The highest BCUT2D eigenvalue weighted by atomic mass is 31.2. The summed E-state index contributed by atoms with van der Waals surface area (Å²) in [6.07, 6.45) is 59.0. The molecule has 63 heavy (non-hydrogen) atoms. The van der Waals surface area contributed by atoms with Crippen molar-refractivity contribution in [3.8, 4) is 0 Å². The first kappa shape index (κ1) is 61.2. The number of carbonyl (C=O) groups is 1. The highest BCUT2D eigenvalue weighted by Gasteiger charge is 2.26. The van der Waals surface area contributed by atoms with Crippen LogP contribution >= 0.6 is 7.82 Å². The van der Waals surface area contributed by atoms with Crippen LogP contribution in [0.1, 0.15) is 226 Å². The molecular formula is C53H97O9P. The van der Waals surface area contributed by atoms with Gasteiger partial charge in [-0.2, -0.15) is 0 Å². The fraction of sp³-hybridized carbons (Fsp3) is 0.792.